The number of hydrogen-bond acceptors (Lipinski definition) is 4. The van der Waals surface area contributed by atoms with E-state index < -0.39 is 6.61 Å². The van der Waals surface area contributed by atoms with Gasteiger partial charge >= 0.3 is 6.61 Å². The molecule has 1 N–H and O–H groups in total. The molecule has 1 aromatic rings. The summed E-state index contributed by atoms with van der Waals surface area (Å²) in [6.07, 6.45) is 6.36. The van der Waals surface area contributed by atoms with Crippen LogP contribution in [0.2, 0.25) is 0 Å². The second-order valence-electron chi connectivity index (χ2n) is 5.28. The lowest BCUT2D eigenvalue weighted by molar-refractivity contribution is -0.0512. The number of nitrogens with one attached hydrogen (secondary N) is 1. The Bertz CT molecular complexity index is 554. The fraction of sp³-hybridized carbons (Fsp3) is 0.467. The Labute approximate surface area is 121 Å². The molecule has 1 fully saturated rings. The summed E-state index contributed by atoms with van der Waals surface area (Å²) in [6.45, 7) is -2.88. The largest absolute Gasteiger partial charge is 0.493 e. The standard InChI is InChI=1S/C15H17F2NO3/c1-19-13-8-10(4-5-12(13)20-14(16)17)11-9-15(21-18-11)6-2-3-7-15/h4-5,8-9,14,18H,2-3,6-7H2,1H3. The molecule has 3 rings (SSSR count). The van der Waals surface area contributed by atoms with Crippen molar-refractivity contribution in [2.75, 3.05) is 7.11 Å². The van der Waals surface area contributed by atoms with Crippen molar-refractivity contribution in [2.24, 2.45) is 0 Å². The lowest BCUT2D eigenvalue weighted by atomic mass is 10.00. The van der Waals surface area contributed by atoms with Crippen molar-refractivity contribution >= 4 is 5.70 Å². The molecule has 21 heavy (non-hydrogen) atoms. The summed E-state index contributed by atoms with van der Waals surface area (Å²) in [6, 6.07) is 4.84. The van der Waals surface area contributed by atoms with Crippen molar-refractivity contribution in [1.82, 2.24) is 5.48 Å². The first-order valence-corrected chi connectivity index (χ1v) is 6.92. The Morgan fingerprint density at radius 2 is 2.00 bits per heavy atom. The topological polar surface area (TPSA) is 39.7 Å². The summed E-state index contributed by atoms with van der Waals surface area (Å²) in [7, 11) is 1.42. The van der Waals surface area contributed by atoms with Crippen LogP contribution in [0, 0.1) is 0 Å². The first kappa shape index (κ1) is 14.1. The molecule has 0 bridgehead atoms. The van der Waals surface area contributed by atoms with Gasteiger partial charge in [0.2, 0.25) is 0 Å². The normalized spacial score (nSPS) is 19.7. The average molecular weight is 297 g/mol. The summed E-state index contributed by atoms with van der Waals surface area (Å²) in [5, 5.41) is 0. The van der Waals surface area contributed by atoms with Crippen LogP contribution in [0.15, 0.2) is 24.3 Å². The van der Waals surface area contributed by atoms with Crippen molar-refractivity contribution < 1.29 is 23.1 Å². The van der Waals surface area contributed by atoms with E-state index in [1.54, 1.807) is 12.1 Å². The zero-order valence-electron chi connectivity index (χ0n) is 11.7. The zero-order valence-corrected chi connectivity index (χ0v) is 11.7. The molecule has 0 unspecified atom stereocenters. The number of methoxy groups -OCH3 is 1. The molecular weight excluding hydrogens is 280 g/mol. The fourth-order valence-electron chi connectivity index (χ4n) is 2.87. The highest BCUT2D eigenvalue weighted by molar-refractivity contribution is 5.68. The van der Waals surface area contributed by atoms with E-state index in [1.807, 2.05) is 0 Å². The van der Waals surface area contributed by atoms with Crippen LogP contribution in [0.1, 0.15) is 31.2 Å². The highest BCUT2D eigenvalue weighted by Crippen LogP contribution is 2.40. The van der Waals surface area contributed by atoms with Crippen LogP contribution in [0.5, 0.6) is 11.5 Å². The Kier molecular flexibility index (Phi) is 3.71. The van der Waals surface area contributed by atoms with E-state index in [0.717, 1.165) is 36.9 Å². The number of halogens is 2. The fourth-order valence-corrected chi connectivity index (χ4v) is 2.87. The zero-order chi connectivity index (χ0) is 14.9. The molecule has 0 saturated heterocycles. The third-order valence-electron chi connectivity index (χ3n) is 3.91. The molecule has 1 aliphatic carbocycles. The van der Waals surface area contributed by atoms with Crippen molar-refractivity contribution in [2.45, 2.75) is 37.9 Å². The second-order valence-corrected chi connectivity index (χ2v) is 5.28. The molecule has 0 atom stereocenters. The van der Waals surface area contributed by atoms with E-state index in [0.29, 0.717) is 0 Å². The molecule has 0 radical (unpaired) electrons. The Morgan fingerprint density at radius 1 is 1.24 bits per heavy atom. The maximum atomic E-state index is 12.3. The summed E-state index contributed by atoms with van der Waals surface area (Å²) in [5.41, 5.74) is 4.36. The number of rotatable bonds is 4. The quantitative estimate of drug-likeness (QED) is 0.923. The van der Waals surface area contributed by atoms with Crippen molar-refractivity contribution in [3.05, 3.63) is 29.8 Å². The van der Waals surface area contributed by atoms with Gasteiger partial charge in [0, 0.05) is 5.56 Å². The van der Waals surface area contributed by atoms with Crippen LogP contribution in [-0.2, 0) is 4.84 Å². The third kappa shape index (κ3) is 2.81. The van der Waals surface area contributed by atoms with Gasteiger partial charge in [0.1, 0.15) is 5.60 Å². The summed E-state index contributed by atoms with van der Waals surface area (Å²) in [5.74, 6) is 0.286. The smallest absolute Gasteiger partial charge is 0.387 e. The predicted molar refractivity (Wildman–Crippen MR) is 73.0 cm³/mol. The highest BCUT2D eigenvalue weighted by Gasteiger charge is 2.38. The molecule has 1 aromatic carbocycles. The van der Waals surface area contributed by atoms with Crippen LogP contribution in [0.3, 0.4) is 0 Å². The number of ether oxygens (including phenoxy) is 2. The first-order chi connectivity index (χ1) is 10.1. The lowest BCUT2D eigenvalue weighted by Gasteiger charge is -2.17. The van der Waals surface area contributed by atoms with E-state index in [1.165, 1.54) is 13.2 Å². The van der Waals surface area contributed by atoms with Gasteiger partial charge in [0.05, 0.1) is 12.8 Å². The van der Waals surface area contributed by atoms with E-state index in [2.05, 4.69) is 16.3 Å². The predicted octanol–water partition coefficient (Wildman–Crippen LogP) is 3.49. The Hall–Kier alpha value is -1.82. The van der Waals surface area contributed by atoms with Crippen LogP contribution in [0.4, 0.5) is 8.78 Å². The molecule has 1 saturated carbocycles. The van der Waals surface area contributed by atoms with Gasteiger partial charge in [-0.1, -0.05) is 12.8 Å². The number of benzene rings is 1. The van der Waals surface area contributed by atoms with E-state index in [4.69, 9.17) is 9.57 Å². The summed E-state index contributed by atoms with van der Waals surface area (Å²) < 4.78 is 34.2. The number of hydroxylamine groups is 1. The lowest BCUT2D eigenvalue weighted by Crippen LogP contribution is -2.25. The summed E-state index contributed by atoms with van der Waals surface area (Å²) >= 11 is 0. The number of hydrogen-bond donors (Lipinski definition) is 1. The molecule has 6 heteroatoms. The molecule has 0 amide bonds. The van der Waals surface area contributed by atoms with Gasteiger partial charge in [-0.15, -0.1) is 0 Å². The molecule has 1 aliphatic heterocycles. The minimum atomic E-state index is -2.88. The first-order valence-electron chi connectivity index (χ1n) is 6.92. The molecule has 114 valence electrons. The maximum absolute atomic E-state index is 12.3. The van der Waals surface area contributed by atoms with E-state index in [9.17, 15) is 8.78 Å². The maximum Gasteiger partial charge on any atom is 0.387 e. The average Bonchev–Trinajstić information content (AvgIpc) is 3.09. The van der Waals surface area contributed by atoms with E-state index >= 15 is 0 Å². The number of alkyl halides is 2. The van der Waals surface area contributed by atoms with Crippen LogP contribution < -0.4 is 15.0 Å². The molecular formula is C15H17F2NO3. The molecule has 1 spiro atoms. The second kappa shape index (κ2) is 5.52. The van der Waals surface area contributed by atoms with Gasteiger partial charge in [-0.2, -0.15) is 8.78 Å². The molecule has 4 nitrogen and oxygen atoms in total. The van der Waals surface area contributed by atoms with Crippen molar-refractivity contribution in [3.8, 4) is 11.5 Å². The van der Waals surface area contributed by atoms with Gasteiger partial charge in [-0.25, -0.2) is 0 Å². The summed E-state index contributed by atoms with van der Waals surface area (Å²) in [4.78, 5) is 5.70. The van der Waals surface area contributed by atoms with Crippen molar-refractivity contribution in [1.29, 1.82) is 0 Å². The Morgan fingerprint density at radius 3 is 2.67 bits per heavy atom. The highest BCUT2D eigenvalue weighted by atomic mass is 19.3. The van der Waals surface area contributed by atoms with Crippen LogP contribution in [0.25, 0.3) is 5.70 Å². The van der Waals surface area contributed by atoms with Gasteiger partial charge in [0.25, 0.3) is 0 Å². The molecule has 1 heterocycles. The third-order valence-corrected chi connectivity index (χ3v) is 3.91. The van der Waals surface area contributed by atoms with E-state index in [-0.39, 0.29) is 17.1 Å². The van der Waals surface area contributed by atoms with Gasteiger partial charge < -0.3 is 9.47 Å². The van der Waals surface area contributed by atoms with Crippen molar-refractivity contribution in [3.63, 3.8) is 0 Å². The minimum Gasteiger partial charge on any atom is -0.493 e. The van der Waals surface area contributed by atoms with Gasteiger partial charge in [0.15, 0.2) is 11.5 Å². The minimum absolute atomic E-state index is 0.0198. The molecule has 2 aliphatic rings. The van der Waals surface area contributed by atoms with Gasteiger partial charge in [-0.05, 0) is 37.1 Å². The monoisotopic (exact) mass is 297 g/mol. The molecule has 0 aromatic heterocycles. The van der Waals surface area contributed by atoms with Crippen LogP contribution in [-0.4, -0.2) is 19.3 Å². The van der Waals surface area contributed by atoms with Gasteiger partial charge in [-0.3, -0.25) is 10.3 Å². The van der Waals surface area contributed by atoms with Crippen LogP contribution >= 0.6 is 0 Å². The Balaban J connectivity index is 1.86. The SMILES string of the molecule is COc1cc(C2=CC3(CCCC3)ON2)ccc1OC(F)F.